The normalized spacial score (nSPS) is 36.3. The summed E-state index contributed by atoms with van der Waals surface area (Å²) in [6.45, 7) is 0.0721. The number of aliphatic hydroxyl groups excluding tert-OH is 9. The van der Waals surface area contributed by atoms with Gasteiger partial charge in [-0.15, -0.1) is 0 Å². The monoisotopic (exact) mass is 756 g/mol. The van der Waals surface area contributed by atoms with Gasteiger partial charge in [-0.25, -0.2) is 0 Å². The number of hydrogen-bond acceptors (Lipinski definition) is 20. The number of fused-ring (bicyclic) bond motifs is 1. The van der Waals surface area contributed by atoms with Gasteiger partial charge >= 0.3 is 0 Å². The summed E-state index contributed by atoms with van der Waals surface area (Å²) in [4.78, 5) is 14.3. The van der Waals surface area contributed by atoms with Crippen LogP contribution in [-0.4, -0.2) is 163 Å². The van der Waals surface area contributed by atoms with E-state index in [-0.39, 0.29) is 28.4 Å². The molecule has 3 aliphatic heterocycles. The lowest BCUT2D eigenvalue weighted by molar-refractivity contribution is -0.345. The van der Waals surface area contributed by atoms with Gasteiger partial charge in [-0.05, 0) is 25.1 Å². The molecule has 5 unspecified atom stereocenters. The summed E-state index contributed by atoms with van der Waals surface area (Å²) in [6.07, 6.45) is -23.1. The minimum atomic E-state index is -1.94. The molecule has 0 bridgehead atoms. The molecular weight excluding hydrogens is 716 g/mol. The van der Waals surface area contributed by atoms with Crippen LogP contribution < -0.4 is 19.6 Å². The summed E-state index contributed by atoms with van der Waals surface area (Å²) in [5, 5.41) is 114. The van der Waals surface area contributed by atoms with Crippen molar-refractivity contribution >= 4 is 11.0 Å². The van der Waals surface area contributed by atoms with Crippen LogP contribution >= 0.6 is 0 Å². The molecule has 1 aromatic heterocycles. The Kier molecular flexibility index (Phi) is 11.3. The number of methoxy groups -OCH3 is 1. The fourth-order valence-electron chi connectivity index (χ4n) is 6.15. The van der Waals surface area contributed by atoms with E-state index in [2.05, 4.69) is 0 Å². The molecule has 20 heteroatoms. The molecule has 4 heterocycles. The van der Waals surface area contributed by atoms with E-state index in [4.69, 9.17) is 37.6 Å². The Morgan fingerprint density at radius 2 is 1.49 bits per heavy atom. The highest BCUT2D eigenvalue weighted by molar-refractivity contribution is 5.88. The van der Waals surface area contributed by atoms with Gasteiger partial charge in [0.1, 0.15) is 77.4 Å². The van der Waals surface area contributed by atoms with E-state index in [0.717, 1.165) is 12.1 Å². The second-order valence-electron chi connectivity index (χ2n) is 12.8. The highest BCUT2D eigenvalue weighted by Gasteiger charge is 2.50. The van der Waals surface area contributed by atoms with E-state index >= 15 is 0 Å². The van der Waals surface area contributed by atoms with Crippen LogP contribution in [-0.2, 0) is 18.9 Å². The van der Waals surface area contributed by atoms with Gasteiger partial charge in [0, 0.05) is 17.7 Å². The number of aliphatic hydroxyl groups is 9. The molecule has 292 valence electrons. The maximum atomic E-state index is 14.3. The van der Waals surface area contributed by atoms with Crippen molar-refractivity contribution in [3.05, 3.63) is 40.6 Å². The maximum absolute atomic E-state index is 14.3. The van der Waals surface area contributed by atoms with Crippen LogP contribution in [0.3, 0.4) is 0 Å². The first-order chi connectivity index (χ1) is 25.1. The Morgan fingerprint density at radius 1 is 0.774 bits per heavy atom. The van der Waals surface area contributed by atoms with Crippen molar-refractivity contribution in [2.45, 2.75) is 92.9 Å². The third-order valence-electron chi connectivity index (χ3n) is 9.21. The van der Waals surface area contributed by atoms with Crippen molar-refractivity contribution in [3.8, 4) is 40.1 Å². The van der Waals surface area contributed by atoms with Gasteiger partial charge in [0.2, 0.25) is 23.8 Å². The van der Waals surface area contributed by atoms with Crippen molar-refractivity contribution < 1.29 is 93.7 Å². The number of phenols is 2. The van der Waals surface area contributed by atoms with Crippen LogP contribution in [0.2, 0.25) is 0 Å². The summed E-state index contributed by atoms with van der Waals surface area (Å²) >= 11 is 0. The van der Waals surface area contributed by atoms with E-state index < -0.39 is 127 Å². The average Bonchev–Trinajstić information content (AvgIpc) is 3.13. The van der Waals surface area contributed by atoms with E-state index in [1.54, 1.807) is 0 Å². The smallest absolute Gasteiger partial charge is 0.239 e. The third-order valence-corrected chi connectivity index (χ3v) is 9.21. The van der Waals surface area contributed by atoms with Crippen LogP contribution in [0, 0.1) is 0 Å². The topological polar surface area (TPSA) is 317 Å². The average molecular weight is 757 g/mol. The Labute approximate surface area is 298 Å². The molecule has 3 aliphatic rings. The first-order valence-electron chi connectivity index (χ1n) is 16.3. The molecule has 0 radical (unpaired) electrons. The van der Waals surface area contributed by atoms with Gasteiger partial charge in [-0.2, -0.15) is 0 Å². The van der Waals surface area contributed by atoms with Gasteiger partial charge in [0.05, 0.1) is 26.4 Å². The van der Waals surface area contributed by atoms with Gasteiger partial charge < -0.3 is 93.7 Å². The molecule has 14 atom stereocenters. The Morgan fingerprint density at radius 3 is 2.19 bits per heavy atom. The predicted molar refractivity (Wildman–Crippen MR) is 172 cm³/mol. The lowest BCUT2D eigenvalue weighted by atomic mass is 9.98. The second-order valence-corrected chi connectivity index (χ2v) is 12.8. The maximum Gasteiger partial charge on any atom is 0.239 e. The van der Waals surface area contributed by atoms with Crippen molar-refractivity contribution in [1.82, 2.24) is 0 Å². The molecule has 11 N–H and O–H groups in total. The third kappa shape index (κ3) is 7.34. The zero-order valence-corrected chi connectivity index (χ0v) is 28.0. The van der Waals surface area contributed by atoms with E-state index in [1.807, 2.05) is 0 Å². The summed E-state index contributed by atoms with van der Waals surface area (Å²) < 4.78 is 45.1. The van der Waals surface area contributed by atoms with E-state index in [1.165, 1.54) is 32.2 Å². The SMILES string of the molecule is COc1cc(-c2oc3cc(O[C@@H]4OC(C)[C@H](O)C(O)[C@@H]4O)cc(O)c3c(=O)c2O[C@@H]2OC(CO)[C@@H](O)[C@H](O)C2O[C@@H]2OC[C@@H](O)[C@H](O)C2O)ccc1O. The molecule has 3 fully saturated rings. The number of phenolic OH excluding ortho intramolecular Hbond substituents is 2. The van der Waals surface area contributed by atoms with Crippen LogP contribution in [0.4, 0.5) is 0 Å². The molecule has 3 aromatic rings. The standard InChI is InChI=1S/C33H40O20/c1-10-20(38)24(42)27(45)32(48-10)49-12-6-14(36)19-17(7-12)50-28(11-3-4-13(35)16(5-11)46-2)29(23(19)41)52-33-30(25(43)22(40)18(8-34)51-33)53-31-26(44)21(39)15(37)9-47-31/h3-7,10,15,18,20-22,24-27,30-40,42-45H,8-9H2,1-2H3/t10?,15-,18?,20+,21+,22-,24?,25+,26?,27+,30?,31+,32+,33+/m1/s1. The molecule has 6 rings (SSSR count). The van der Waals surface area contributed by atoms with Gasteiger partial charge in [-0.1, -0.05) is 0 Å². The molecule has 0 amide bonds. The molecule has 0 saturated carbocycles. The second kappa shape index (κ2) is 15.5. The van der Waals surface area contributed by atoms with E-state index in [9.17, 15) is 61.0 Å². The molecule has 2 aromatic carbocycles. The summed E-state index contributed by atoms with van der Waals surface area (Å²) in [7, 11) is 1.25. The van der Waals surface area contributed by atoms with Crippen LogP contribution in [0.25, 0.3) is 22.3 Å². The Balaban J connectivity index is 1.44. The number of benzene rings is 2. The number of aromatic hydroxyl groups is 2. The molecule has 20 nitrogen and oxygen atoms in total. The first kappa shape index (κ1) is 38.8. The van der Waals surface area contributed by atoms with Crippen molar-refractivity contribution in [2.75, 3.05) is 20.3 Å². The van der Waals surface area contributed by atoms with Gasteiger partial charge in [-0.3, -0.25) is 4.79 Å². The van der Waals surface area contributed by atoms with Crippen molar-refractivity contribution in [3.63, 3.8) is 0 Å². The highest BCUT2D eigenvalue weighted by Crippen LogP contribution is 2.41. The lowest BCUT2D eigenvalue weighted by Crippen LogP contribution is -2.64. The van der Waals surface area contributed by atoms with Gasteiger partial charge in [0.15, 0.2) is 29.7 Å². The Hall–Kier alpha value is -3.87. The molecule has 0 aliphatic carbocycles. The van der Waals surface area contributed by atoms with Crippen molar-refractivity contribution in [2.24, 2.45) is 0 Å². The van der Waals surface area contributed by atoms with Crippen LogP contribution in [0.15, 0.2) is 39.5 Å². The highest BCUT2D eigenvalue weighted by atomic mass is 16.8. The summed E-state index contributed by atoms with van der Waals surface area (Å²) in [5.74, 6) is -2.43. The summed E-state index contributed by atoms with van der Waals surface area (Å²) in [6, 6.07) is 5.88. The first-order valence-corrected chi connectivity index (χ1v) is 16.3. The molecule has 0 spiro atoms. The van der Waals surface area contributed by atoms with Crippen molar-refractivity contribution in [1.29, 1.82) is 0 Å². The molecule has 53 heavy (non-hydrogen) atoms. The van der Waals surface area contributed by atoms with Crippen LogP contribution in [0.5, 0.6) is 28.7 Å². The lowest BCUT2D eigenvalue weighted by Gasteiger charge is -2.44. The number of ether oxygens (including phenoxy) is 7. The molecular formula is C33H40O20. The minimum absolute atomic E-state index is 0.0344. The summed E-state index contributed by atoms with van der Waals surface area (Å²) in [5.41, 5.74) is -1.35. The predicted octanol–water partition coefficient (Wildman–Crippen LogP) is -3.27. The largest absolute Gasteiger partial charge is 0.507 e. The van der Waals surface area contributed by atoms with E-state index in [0.29, 0.717) is 0 Å². The van der Waals surface area contributed by atoms with Crippen LogP contribution in [0.1, 0.15) is 6.92 Å². The zero-order chi connectivity index (χ0) is 38.5. The number of rotatable bonds is 9. The minimum Gasteiger partial charge on any atom is -0.507 e. The fourth-order valence-corrected chi connectivity index (χ4v) is 6.15. The van der Waals surface area contributed by atoms with Gasteiger partial charge in [0.25, 0.3) is 0 Å². The molecule has 3 saturated heterocycles. The fraction of sp³-hybridized carbons (Fsp3) is 0.545. The number of hydrogen-bond donors (Lipinski definition) is 11. The quantitative estimate of drug-likeness (QED) is 0.102. The zero-order valence-electron chi connectivity index (χ0n) is 28.0. The Bertz CT molecular complexity index is 1820.